The molecular weight excluding hydrogens is 268 g/mol. The van der Waals surface area contributed by atoms with Crippen LogP contribution in [0.3, 0.4) is 0 Å². The van der Waals surface area contributed by atoms with Gasteiger partial charge in [0, 0.05) is 11.4 Å². The Balaban J connectivity index is 2.45. The molecule has 1 aliphatic carbocycles. The standard InChI is InChI=1S/C12H25BrOSi/c1-3-15(4-2,11-7-10-13)14-12-8-5-6-9-12/h12H,3-11H2,1-2H3. The third-order valence-electron chi connectivity index (χ3n) is 3.77. The molecule has 0 atom stereocenters. The molecule has 0 spiro atoms. The summed E-state index contributed by atoms with van der Waals surface area (Å²) in [5.74, 6) is 0. The Hall–Kier alpha value is 0.657. The molecule has 1 fully saturated rings. The van der Waals surface area contributed by atoms with E-state index in [-0.39, 0.29) is 0 Å². The van der Waals surface area contributed by atoms with Gasteiger partial charge in [0.05, 0.1) is 0 Å². The Morgan fingerprint density at radius 2 is 1.80 bits per heavy atom. The number of alkyl halides is 1. The monoisotopic (exact) mass is 292 g/mol. The summed E-state index contributed by atoms with van der Waals surface area (Å²) in [6.45, 7) is 4.66. The van der Waals surface area contributed by atoms with Crippen LogP contribution in [0.1, 0.15) is 46.0 Å². The van der Waals surface area contributed by atoms with Crippen LogP contribution in [0.5, 0.6) is 0 Å². The summed E-state index contributed by atoms with van der Waals surface area (Å²) in [7, 11) is -1.36. The molecule has 1 aliphatic rings. The van der Waals surface area contributed by atoms with Gasteiger partial charge in [-0.3, -0.25) is 0 Å². The fourth-order valence-corrected chi connectivity index (χ4v) is 6.80. The number of hydrogen-bond acceptors (Lipinski definition) is 1. The van der Waals surface area contributed by atoms with E-state index in [2.05, 4.69) is 29.8 Å². The second-order valence-electron chi connectivity index (χ2n) is 4.71. The van der Waals surface area contributed by atoms with Crippen LogP contribution in [0.25, 0.3) is 0 Å². The average Bonchev–Trinajstić information content (AvgIpc) is 2.77. The molecule has 0 aliphatic heterocycles. The van der Waals surface area contributed by atoms with Crippen molar-refractivity contribution in [2.24, 2.45) is 0 Å². The molecule has 0 bridgehead atoms. The van der Waals surface area contributed by atoms with Crippen molar-refractivity contribution in [3.8, 4) is 0 Å². The lowest BCUT2D eigenvalue weighted by atomic mass is 10.3. The van der Waals surface area contributed by atoms with Gasteiger partial charge in [-0.15, -0.1) is 0 Å². The first kappa shape index (κ1) is 13.7. The summed E-state index contributed by atoms with van der Waals surface area (Å²) < 4.78 is 6.52. The Labute approximate surface area is 104 Å². The highest BCUT2D eigenvalue weighted by atomic mass is 79.9. The van der Waals surface area contributed by atoms with Crippen LogP contribution >= 0.6 is 15.9 Å². The van der Waals surface area contributed by atoms with Crippen molar-refractivity contribution in [1.82, 2.24) is 0 Å². The first-order valence-electron chi connectivity index (χ1n) is 6.50. The molecule has 0 N–H and O–H groups in total. The Bertz CT molecular complexity index is 165. The van der Waals surface area contributed by atoms with E-state index in [0.29, 0.717) is 6.10 Å². The maximum absolute atomic E-state index is 6.52. The van der Waals surface area contributed by atoms with Crippen LogP contribution in [0.2, 0.25) is 18.1 Å². The first-order chi connectivity index (χ1) is 7.26. The highest BCUT2D eigenvalue weighted by Gasteiger charge is 2.34. The topological polar surface area (TPSA) is 9.23 Å². The molecule has 1 saturated carbocycles. The van der Waals surface area contributed by atoms with E-state index in [0.717, 1.165) is 5.33 Å². The van der Waals surface area contributed by atoms with Gasteiger partial charge in [-0.05, 0) is 37.4 Å². The van der Waals surface area contributed by atoms with Crippen LogP contribution in [0, 0.1) is 0 Å². The zero-order valence-corrected chi connectivity index (χ0v) is 12.8. The summed E-state index contributed by atoms with van der Waals surface area (Å²) in [6.07, 6.45) is 7.33. The van der Waals surface area contributed by atoms with Gasteiger partial charge in [0.15, 0.2) is 8.32 Å². The fourth-order valence-electron chi connectivity index (χ4n) is 2.58. The molecule has 0 radical (unpaired) electrons. The molecular formula is C12H25BrOSi. The van der Waals surface area contributed by atoms with Crippen molar-refractivity contribution in [1.29, 1.82) is 0 Å². The van der Waals surface area contributed by atoms with Gasteiger partial charge in [0.25, 0.3) is 0 Å². The minimum atomic E-state index is -1.36. The minimum Gasteiger partial charge on any atom is -0.414 e. The zero-order valence-electron chi connectivity index (χ0n) is 10.2. The number of halogens is 1. The molecule has 0 saturated heterocycles. The van der Waals surface area contributed by atoms with E-state index in [1.54, 1.807) is 0 Å². The molecule has 0 heterocycles. The molecule has 90 valence electrons. The Kier molecular flexibility index (Phi) is 6.47. The normalized spacial score (nSPS) is 18.6. The fraction of sp³-hybridized carbons (Fsp3) is 1.00. The lowest BCUT2D eigenvalue weighted by molar-refractivity contribution is 0.193. The summed E-state index contributed by atoms with van der Waals surface area (Å²) in [5, 5.41) is 1.13. The average molecular weight is 293 g/mol. The van der Waals surface area contributed by atoms with Gasteiger partial charge in [-0.1, -0.05) is 42.6 Å². The molecule has 15 heavy (non-hydrogen) atoms. The predicted molar refractivity (Wildman–Crippen MR) is 73.3 cm³/mol. The van der Waals surface area contributed by atoms with Gasteiger partial charge >= 0.3 is 0 Å². The van der Waals surface area contributed by atoms with Crippen LogP contribution in [0.4, 0.5) is 0 Å². The van der Waals surface area contributed by atoms with Gasteiger partial charge in [0.2, 0.25) is 0 Å². The van der Waals surface area contributed by atoms with Crippen molar-refractivity contribution >= 4 is 24.2 Å². The molecule has 0 unspecified atom stereocenters. The van der Waals surface area contributed by atoms with E-state index in [9.17, 15) is 0 Å². The second-order valence-corrected chi connectivity index (χ2v) is 10.0. The van der Waals surface area contributed by atoms with E-state index in [1.165, 1.54) is 50.2 Å². The van der Waals surface area contributed by atoms with Crippen molar-refractivity contribution in [3.05, 3.63) is 0 Å². The molecule has 1 rings (SSSR count). The Morgan fingerprint density at radius 3 is 2.27 bits per heavy atom. The maximum atomic E-state index is 6.52. The van der Waals surface area contributed by atoms with E-state index >= 15 is 0 Å². The Morgan fingerprint density at radius 1 is 1.20 bits per heavy atom. The van der Waals surface area contributed by atoms with Crippen LogP contribution in [0.15, 0.2) is 0 Å². The third kappa shape index (κ3) is 4.20. The molecule has 0 aromatic heterocycles. The lowest BCUT2D eigenvalue weighted by Crippen LogP contribution is -2.39. The maximum Gasteiger partial charge on any atom is 0.192 e. The van der Waals surface area contributed by atoms with Crippen LogP contribution in [-0.2, 0) is 4.43 Å². The van der Waals surface area contributed by atoms with E-state index < -0.39 is 8.32 Å². The second kappa shape index (κ2) is 7.07. The summed E-state index contributed by atoms with van der Waals surface area (Å²) in [6, 6.07) is 3.95. The van der Waals surface area contributed by atoms with Crippen molar-refractivity contribution in [2.45, 2.75) is 70.2 Å². The van der Waals surface area contributed by atoms with Crippen molar-refractivity contribution in [2.75, 3.05) is 5.33 Å². The van der Waals surface area contributed by atoms with Gasteiger partial charge in [-0.25, -0.2) is 0 Å². The van der Waals surface area contributed by atoms with Crippen LogP contribution in [-0.4, -0.2) is 19.8 Å². The highest BCUT2D eigenvalue weighted by molar-refractivity contribution is 9.09. The summed E-state index contributed by atoms with van der Waals surface area (Å²) in [4.78, 5) is 0. The SMILES string of the molecule is CC[Si](CC)(CCCBr)OC1CCCC1. The van der Waals surface area contributed by atoms with Crippen molar-refractivity contribution < 1.29 is 4.43 Å². The molecule has 0 amide bonds. The highest BCUT2D eigenvalue weighted by Crippen LogP contribution is 2.31. The minimum absolute atomic E-state index is 0.617. The molecule has 0 aromatic carbocycles. The lowest BCUT2D eigenvalue weighted by Gasteiger charge is -2.32. The summed E-state index contributed by atoms with van der Waals surface area (Å²) >= 11 is 3.54. The number of rotatable bonds is 7. The van der Waals surface area contributed by atoms with E-state index in [4.69, 9.17) is 4.43 Å². The molecule has 0 aromatic rings. The molecule has 3 heteroatoms. The first-order valence-corrected chi connectivity index (χ1v) is 10.1. The third-order valence-corrected chi connectivity index (χ3v) is 9.01. The van der Waals surface area contributed by atoms with Gasteiger partial charge < -0.3 is 4.43 Å². The number of hydrogen-bond donors (Lipinski definition) is 0. The van der Waals surface area contributed by atoms with Gasteiger partial charge in [0.1, 0.15) is 0 Å². The zero-order chi connectivity index (χ0) is 11.1. The van der Waals surface area contributed by atoms with E-state index in [1.807, 2.05) is 0 Å². The van der Waals surface area contributed by atoms with Crippen molar-refractivity contribution in [3.63, 3.8) is 0 Å². The molecule has 1 nitrogen and oxygen atoms in total. The smallest absolute Gasteiger partial charge is 0.192 e. The quantitative estimate of drug-likeness (QED) is 0.487. The summed E-state index contributed by atoms with van der Waals surface area (Å²) in [5.41, 5.74) is 0. The van der Waals surface area contributed by atoms with Crippen LogP contribution < -0.4 is 0 Å². The largest absolute Gasteiger partial charge is 0.414 e. The predicted octanol–water partition coefficient (Wildman–Crippen LogP) is 4.72. The van der Waals surface area contributed by atoms with Gasteiger partial charge in [-0.2, -0.15) is 0 Å².